The molecule has 0 bridgehead atoms. The highest BCUT2D eigenvalue weighted by atomic mass is 32.2. The third-order valence-corrected chi connectivity index (χ3v) is 6.14. The van der Waals surface area contributed by atoms with Crippen LogP contribution in [0.25, 0.3) is 0 Å². The number of sulfonamides is 1. The van der Waals surface area contributed by atoms with Gasteiger partial charge in [-0.05, 0) is 25.5 Å². The average molecular weight is 302 g/mol. The summed E-state index contributed by atoms with van der Waals surface area (Å²) in [7, 11) is -1.46. The summed E-state index contributed by atoms with van der Waals surface area (Å²) in [6, 6.07) is 1.75. The van der Waals surface area contributed by atoms with Crippen molar-refractivity contribution in [1.82, 2.24) is 10.0 Å². The third-order valence-electron chi connectivity index (χ3n) is 3.61. The van der Waals surface area contributed by atoms with Gasteiger partial charge in [0.1, 0.15) is 0 Å². The fourth-order valence-corrected chi connectivity index (χ4v) is 4.88. The highest BCUT2D eigenvalue weighted by Gasteiger charge is 2.18. The fraction of sp³-hybridized carbons (Fsp3) is 0.692. The minimum Gasteiger partial charge on any atom is -0.315 e. The van der Waals surface area contributed by atoms with E-state index in [0.29, 0.717) is 23.9 Å². The second-order valence-electron chi connectivity index (χ2n) is 5.12. The molecule has 0 unspecified atom stereocenters. The third kappa shape index (κ3) is 4.27. The second-order valence-corrected chi connectivity index (χ2v) is 7.88. The summed E-state index contributed by atoms with van der Waals surface area (Å²) in [4.78, 5) is 1.44. The first-order chi connectivity index (χ1) is 9.12. The largest absolute Gasteiger partial charge is 0.315 e. The number of hydrogen-bond acceptors (Lipinski definition) is 4. The van der Waals surface area contributed by atoms with Gasteiger partial charge >= 0.3 is 0 Å². The van der Waals surface area contributed by atoms with E-state index in [4.69, 9.17) is 0 Å². The van der Waals surface area contributed by atoms with Crippen molar-refractivity contribution in [2.75, 3.05) is 13.6 Å². The predicted octanol–water partition coefficient (Wildman–Crippen LogP) is 2.33. The zero-order valence-corrected chi connectivity index (χ0v) is 12.9. The van der Waals surface area contributed by atoms with Gasteiger partial charge in [-0.3, -0.25) is 0 Å². The van der Waals surface area contributed by atoms with Gasteiger partial charge in [-0.2, -0.15) is 0 Å². The number of rotatable bonds is 7. The molecule has 0 atom stereocenters. The molecule has 1 saturated carbocycles. The molecule has 0 saturated heterocycles. The Balaban J connectivity index is 1.85. The Hall–Kier alpha value is -0.430. The van der Waals surface area contributed by atoms with Gasteiger partial charge in [0.2, 0.25) is 10.0 Å². The van der Waals surface area contributed by atoms with E-state index in [2.05, 4.69) is 10.0 Å². The maximum Gasteiger partial charge on any atom is 0.241 e. The summed E-state index contributed by atoms with van der Waals surface area (Å²) in [5.74, 6) is 0.713. The van der Waals surface area contributed by atoms with Crippen LogP contribution in [-0.4, -0.2) is 22.0 Å². The van der Waals surface area contributed by atoms with Crippen LogP contribution in [0.2, 0.25) is 0 Å². The molecule has 19 heavy (non-hydrogen) atoms. The van der Waals surface area contributed by atoms with Crippen molar-refractivity contribution in [3.63, 3.8) is 0 Å². The van der Waals surface area contributed by atoms with E-state index in [1.807, 2.05) is 7.05 Å². The Kier molecular flexibility index (Phi) is 5.38. The molecule has 1 aliphatic carbocycles. The van der Waals surface area contributed by atoms with Crippen LogP contribution in [0.4, 0.5) is 0 Å². The lowest BCUT2D eigenvalue weighted by Crippen LogP contribution is -2.25. The molecular weight excluding hydrogens is 280 g/mol. The quantitative estimate of drug-likeness (QED) is 0.813. The van der Waals surface area contributed by atoms with E-state index in [1.54, 1.807) is 11.4 Å². The topological polar surface area (TPSA) is 58.2 Å². The van der Waals surface area contributed by atoms with E-state index in [9.17, 15) is 8.42 Å². The summed E-state index contributed by atoms with van der Waals surface area (Å²) < 4.78 is 26.9. The van der Waals surface area contributed by atoms with Crippen molar-refractivity contribution in [3.05, 3.63) is 16.3 Å². The van der Waals surface area contributed by atoms with Crippen LogP contribution < -0.4 is 10.0 Å². The molecule has 2 N–H and O–H groups in total. The Morgan fingerprint density at radius 1 is 1.37 bits per heavy atom. The minimum absolute atomic E-state index is 0.397. The maximum atomic E-state index is 12.1. The summed E-state index contributed by atoms with van der Waals surface area (Å²) in [5, 5.41) is 4.74. The lowest BCUT2D eigenvalue weighted by atomic mass is 10.1. The summed E-state index contributed by atoms with van der Waals surface area (Å²) >= 11 is 1.48. The van der Waals surface area contributed by atoms with Crippen LogP contribution in [-0.2, 0) is 16.6 Å². The number of hydrogen-bond donors (Lipinski definition) is 2. The van der Waals surface area contributed by atoms with Crippen LogP contribution in [0.15, 0.2) is 16.3 Å². The molecule has 0 aliphatic heterocycles. The predicted molar refractivity (Wildman–Crippen MR) is 78.8 cm³/mol. The second kappa shape index (κ2) is 6.83. The standard InChI is InChI=1S/C13H22N2O2S2/c1-14-9-12-8-13(10-18-12)19(16,17)15-7-6-11-4-2-3-5-11/h8,10-11,14-15H,2-7,9H2,1H3. The molecule has 6 heteroatoms. The van der Waals surface area contributed by atoms with Crippen LogP contribution in [0.1, 0.15) is 37.0 Å². The van der Waals surface area contributed by atoms with Crippen molar-refractivity contribution in [2.24, 2.45) is 5.92 Å². The first kappa shape index (κ1) is 15.0. The Labute approximate surface area is 119 Å². The molecule has 4 nitrogen and oxygen atoms in total. The first-order valence-corrected chi connectivity index (χ1v) is 9.20. The van der Waals surface area contributed by atoms with Crippen LogP contribution >= 0.6 is 11.3 Å². The molecule has 1 heterocycles. The van der Waals surface area contributed by atoms with Crippen molar-refractivity contribution >= 4 is 21.4 Å². The van der Waals surface area contributed by atoms with E-state index in [1.165, 1.54) is 37.0 Å². The molecule has 1 fully saturated rings. The fourth-order valence-electron chi connectivity index (χ4n) is 2.55. The normalized spacial score (nSPS) is 17.1. The van der Waals surface area contributed by atoms with E-state index < -0.39 is 10.0 Å². The Bertz CT molecular complexity index is 490. The van der Waals surface area contributed by atoms with Gasteiger partial charge in [-0.25, -0.2) is 13.1 Å². The van der Waals surface area contributed by atoms with Crippen molar-refractivity contribution in [3.8, 4) is 0 Å². The van der Waals surface area contributed by atoms with Gasteiger partial charge in [0, 0.05) is 23.3 Å². The monoisotopic (exact) mass is 302 g/mol. The molecule has 1 aliphatic rings. The smallest absolute Gasteiger partial charge is 0.241 e. The van der Waals surface area contributed by atoms with Crippen LogP contribution in [0.3, 0.4) is 0 Å². The number of nitrogens with one attached hydrogen (secondary N) is 2. The molecule has 0 amide bonds. The highest BCUT2D eigenvalue weighted by molar-refractivity contribution is 7.89. The van der Waals surface area contributed by atoms with Crippen molar-refractivity contribution in [1.29, 1.82) is 0 Å². The van der Waals surface area contributed by atoms with Gasteiger partial charge in [-0.15, -0.1) is 11.3 Å². The summed E-state index contributed by atoms with van der Waals surface area (Å²) in [5.41, 5.74) is 0. The molecule has 1 aromatic heterocycles. The molecule has 0 spiro atoms. The molecule has 1 aromatic rings. The molecule has 108 valence electrons. The molecule has 2 rings (SSSR count). The van der Waals surface area contributed by atoms with Gasteiger partial charge in [0.05, 0.1) is 4.90 Å². The zero-order chi connectivity index (χ0) is 13.7. The Morgan fingerprint density at radius 3 is 2.79 bits per heavy atom. The zero-order valence-electron chi connectivity index (χ0n) is 11.3. The van der Waals surface area contributed by atoms with Crippen LogP contribution in [0, 0.1) is 5.92 Å². The van der Waals surface area contributed by atoms with Crippen molar-refractivity contribution < 1.29 is 8.42 Å². The first-order valence-electron chi connectivity index (χ1n) is 6.83. The Morgan fingerprint density at radius 2 is 2.11 bits per heavy atom. The molecule has 0 aromatic carbocycles. The molecular formula is C13H22N2O2S2. The SMILES string of the molecule is CNCc1cc(S(=O)(=O)NCCC2CCCC2)cs1. The minimum atomic E-state index is -3.32. The van der Waals surface area contributed by atoms with Gasteiger partial charge in [0.15, 0.2) is 0 Å². The van der Waals surface area contributed by atoms with Gasteiger partial charge < -0.3 is 5.32 Å². The number of thiophene rings is 1. The van der Waals surface area contributed by atoms with Gasteiger partial charge in [0.25, 0.3) is 0 Å². The van der Waals surface area contributed by atoms with E-state index in [0.717, 1.165) is 11.3 Å². The molecule has 0 radical (unpaired) electrons. The summed E-state index contributed by atoms with van der Waals surface area (Å²) in [6.45, 7) is 1.27. The highest BCUT2D eigenvalue weighted by Crippen LogP contribution is 2.27. The average Bonchev–Trinajstić information content (AvgIpc) is 3.00. The van der Waals surface area contributed by atoms with E-state index in [-0.39, 0.29) is 0 Å². The van der Waals surface area contributed by atoms with E-state index >= 15 is 0 Å². The lowest BCUT2D eigenvalue weighted by molar-refractivity contribution is 0.496. The van der Waals surface area contributed by atoms with Crippen LogP contribution in [0.5, 0.6) is 0 Å². The van der Waals surface area contributed by atoms with Crippen molar-refractivity contribution in [2.45, 2.75) is 43.5 Å². The summed E-state index contributed by atoms with van der Waals surface area (Å²) in [6.07, 6.45) is 6.08. The van der Waals surface area contributed by atoms with Gasteiger partial charge in [-0.1, -0.05) is 25.7 Å². The lowest BCUT2D eigenvalue weighted by Gasteiger charge is -2.09. The maximum absolute atomic E-state index is 12.1.